The molecule has 0 radical (unpaired) electrons. The monoisotopic (exact) mass is 322 g/mol. The van der Waals surface area contributed by atoms with Gasteiger partial charge in [-0.25, -0.2) is 13.6 Å². The molecule has 2 aliphatic rings. The molecule has 7 heteroatoms. The molecule has 0 unspecified atom stereocenters. The number of amides is 4. The lowest BCUT2D eigenvalue weighted by molar-refractivity contribution is -0.144. The maximum Gasteiger partial charge on any atom is 0.334 e. The lowest BCUT2D eigenvalue weighted by Crippen LogP contribution is -2.42. The zero-order chi connectivity index (χ0) is 16.6. The van der Waals surface area contributed by atoms with E-state index in [1.54, 1.807) is 0 Å². The lowest BCUT2D eigenvalue weighted by Gasteiger charge is -2.28. The molecule has 1 heterocycles. The smallest absolute Gasteiger partial charge is 0.263 e. The molecule has 122 valence electrons. The molecular weight excluding hydrogens is 306 g/mol. The Morgan fingerprint density at radius 3 is 2.39 bits per heavy atom. The van der Waals surface area contributed by atoms with E-state index >= 15 is 0 Å². The van der Waals surface area contributed by atoms with Gasteiger partial charge in [0.15, 0.2) is 11.6 Å². The van der Waals surface area contributed by atoms with Gasteiger partial charge in [0.1, 0.15) is 0 Å². The van der Waals surface area contributed by atoms with Crippen LogP contribution in [0.2, 0.25) is 0 Å². The summed E-state index contributed by atoms with van der Waals surface area (Å²) in [5.74, 6) is -4.03. The van der Waals surface area contributed by atoms with Gasteiger partial charge in [-0.05, 0) is 18.9 Å². The van der Waals surface area contributed by atoms with Crippen LogP contribution in [-0.4, -0.2) is 33.7 Å². The van der Waals surface area contributed by atoms with Crippen molar-refractivity contribution in [2.45, 2.75) is 44.7 Å². The molecule has 5 nitrogen and oxygen atoms in total. The van der Waals surface area contributed by atoms with Gasteiger partial charge in [-0.15, -0.1) is 0 Å². The Hall–Kier alpha value is -2.31. The van der Waals surface area contributed by atoms with E-state index in [-0.39, 0.29) is 11.6 Å². The molecule has 0 aromatic heterocycles. The van der Waals surface area contributed by atoms with E-state index in [2.05, 4.69) is 0 Å². The van der Waals surface area contributed by atoms with Crippen LogP contribution in [0.4, 0.5) is 13.6 Å². The molecule has 0 spiro atoms. The summed E-state index contributed by atoms with van der Waals surface area (Å²) < 4.78 is 27.0. The van der Waals surface area contributed by atoms with Crippen LogP contribution >= 0.6 is 0 Å². The molecule has 0 atom stereocenters. The molecule has 23 heavy (non-hydrogen) atoms. The van der Waals surface area contributed by atoms with Crippen LogP contribution in [0.3, 0.4) is 0 Å². The van der Waals surface area contributed by atoms with Crippen LogP contribution in [0.5, 0.6) is 0 Å². The molecule has 1 saturated carbocycles. The third-order valence-electron chi connectivity index (χ3n) is 4.38. The molecular formula is C16H16F2N2O3. The Morgan fingerprint density at radius 1 is 1.00 bits per heavy atom. The van der Waals surface area contributed by atoms with Crippen LogP contribution in [0.25, 0.3) is 0 Å². The van der Waals surface area contributed by atoms with Gasteiger partial charge in [-0.3, -0.25) is 19.4 Å². The average molecular weight is 322 g/mol. The van der Waals surface area contributed by atoms with Gasteiger partial charge >= 0.3 is 17.8 Å². The van der Waals surface area contributed by atoms with Gasteiger partial charge < -0.3 is 0 Å². The maximum absolute atomic E-state index is 13.7. The number of imide groups is 2. The summed E-state index contributed by atoms with van der Waals surface area (Å²) in [6, 6.07) is 2.50. The zero-order valence-corrected chi connectivity index (χ0v) is 12.4. The topological polar surface area (TPSA) is 57.7 Å². The Labute approximate surface area is 131 Å². The lowest BCUT2D eigenvalue weighted by atomic mass is 9.94. The second-order valence-electron chi connectivity index (χ2n) is 5.85. The summed E-state index contributed by atoms with van der Waals surface area (Å²) in [4.78, 5) is 38.3. The first kappa shape index (κ1) is 15.6. The first-order valence-corrected chi connectivity index (χ1v) is 7.62. The summed E-state index contributed by atoms with van der Waals surface area (Å²) >= 11 is 0. The molecule has 1 aliphatic carbocycles. The Bertz CT molecular complexity index is 671. The quantitative estimate of drug-likeness (QED) is 0.635. The third kappa shape index (κ3) is 2.71. The normalized spacial score (nSPS) is 19.8. The predicted octanol–water partition coefficient (Wildman–Crippen LogP) is 2.59. The van der Waals surface area contributed by atoms with Crippen LogP contribution in [0, 0.1) is 11.6 Å². The van der Waals surface area contributed by atoms with E-state index < -0.39 is 36.0 Å². The summed E-state index contributed by atoms with van der Waals surface area (Å²) in [6.07, 6.45) is 4.18. The van der Waals surface area contributed by atoms with Crippen molar-refractivity contribution in [3.63, 3.8) is 0 Å². The number of benzene rings is 1. The van der Waals surface area contributed by atoms with Gasteiger partial charge in [-0.1, -0.05) is 31.4 Å². The number of nitrogens with zero attached hydrogens (tertiary/aromatic N) is 2. The van der Waals surface area contributed by atoms with E-state index in [1.165, 1.54) is 12.1 Å². The largest absolute Gasteiger partial charge is 0.334 e. The highest BCUT2D eigenvalue weighted by Gasteiger charge is 2.47. The van der Waals surface area contributed by atoms with Crippen LogP contribution in [-0.2, 0) is 16.1 Å². The second-order valence-corrected chi connectivity index (χ2v) is 5.85. The predicted molar refractivity (Wildman–Crippen MR) is 76.0 cm³/mol. The third-order valence-corrected chi connectivity index (χ3v) is 4.38. The van der Waals surface area contributed by atoms with Gasteiger partial charge in [0, 0.05) is 11.6 Å². The van der Waals surface area contributed by atoms with Crippen molar-refractivity contribution in [3.8, 4) is 0 Å². The van der Waals surface area contributed by atoms with Crippen LogP contribution in [0.15, 0.2) is 18.2 Å². The Kier molecular flexibility index (Phi) is 4.11. The standard InChI is InChI=1S/C16H16F2N2O3/c17-12-8-4-5-10(13(12)18)9-19-14(21)15(22)20(16(19)23)11-6-2-1-3-7-11/h4-5,8,11H,1-3,6-7,9H2. The van der Waals surface area contributed by atoms with Crippen molar-refractivity contribution in [2.75, 3.05) is 0 Å². The zero-order valence-electron chi connectivity index (χ0n) is 12.4. The van der Waals surface area contributed by atoms with Crippen LogP contribution in [0.1, 0.15) is 37.7 Å². The SMILES string of the molecule is O=C1C(=O)N(C2CCCCC2)C(=O)N1Cc1cccc(F)c1F. The number of rotatable bonds is 3. The fraction of sp³-hybridized carbons (Fsp3) is 0.438. The first-order chi connectivity index (χ1) is 11.0. The summed E-state index contributed by atoms with van der Waals surface area (Å²) in [7, 11) is 0. The number of urea groups is 1. The van der Waals surface area contributed by atoms with E-state index in [0.717, 1.165) is 30.2 Å². The average Bonchev–Trinajstić information content (AvgIpc) is 2.76. The molecule has 1 aliphatic heterocycles. The molecule has 3 rings (SSSR count). The fourth-order valence-electron chi connectivity index (χ4n) is 3.16. The van der Waals surface area contributed by atoms with E-state index in [0.29, 0.717) is 17.7 Å². The molecule has 4 amide bonds. The number of hydrogen-bond donors (Lipinski definition) is 0. The van der Waals surface area contributed by atoms with Crippen molar-refractivity contribution < 1.29 is 23.2 Å². The highest BCUT2D eigenvalue weighted by molar-refractivity contribution is 6.44. The minimum absolute atomic E-state index is 0.134. The number of carbonyl (C=O) groups excluding carboxylic acids is 3. The number of hydrogen-bond acceptors (Lipinski definition) is 3. The van der Waals surface area contributed by atoms with Gasteiger partial charge in [0.05, 0.1) is 6.54 Å². The summed E-state index contributed by atoms with van der Waals surface area (Å²) in [6.45, 7) is -0.448. The number of halogens is 2. The molecule has 1 aromatic carbocycles. The Balaban J connectivity index is 1.83. The van der Waals surface area contributed by atoms with E-state index in [1.807, 2.05) is 0 Å². The minimum atomic E-state index is -1.11. The van der Waals surface area contributed by atoms with E-state index in [9.17, 15) is 23.2 Å². The highest BCUT2D eigenvalue weighted by atomic mass is 19.2. The maximum atomic E-state index is 13.7. The minimum Gasteiger partial charge on any atom is -0.263 e. The molecule has 0 bridgehead atoms. The molecule has 1 saturated heterocycles. The van der Waals surface area contributed by atoms with Gasteiger partial charge in [0.2, 0.25) is 0 Å². The van der Waals surface area contributed by atoms with Crippen molar-refractivity contribution in [2.24, 2.45) is 0 Å². The number of carbonyl (C=O) groups is 3. The van der Waals surface area contributed by atoms with Gasteiger partial charge in [0.25, 0.3) is 0 Å². The first-order valence-electron chi connectivity index (χ1n) is 7.62. The molecule has 1 aromatic rings. The van der Waals surface area contributed by atoms with Crippen molar-refractivity contribution in [1.82, 2.24) is 9.80 Å². The van der Waals surface area contributed by atoms with Crippen molar-refractivity contribution >= 4 is 17.8 Å². The van der Waals surface area contributed by atoms with Gasteiger partial charge in [-0.2, -0.15) is 0 Å². The van der Waals surface area contributed by atoms with E-state index in [4.69, 9.17) is 0 Å². The summed E-state index contributed by atoms with van der Waals surface area (Å²) in [5, 5.41) is 0. The molecule has 2 fully saturated rings. The second kappa shape index (κ2) is 6.06. The molecule has 0 N–H and O–H groups in total. The summed E-state index contributed by atoms with van der Waals surface area (Å²) in [5.41, 5.74) is -0.134. The van der Waals surface area contributed by atoms with Crippen molar-refractivity contribution in [1.29, 1.82) is 0 Å². The highest BCUT2D eigenvalue weighted by Crippen LogP contribution is 2.28. The van der Waals surface area contributed by atoms with Crippen molar-refractivity contribution in [3.05, 3.63) is 35.4 Å². The Morgan fingerprint density at radius 2 is 1.70 bits per heavy atom. The van der Waals surface area contributed by atoms with Crippen LogP contribution < -0.4 is 0 Å². The fourth-order valence-corrected chi connectivity index (χ4v) is 3.16.